The van der Waals surface area contributed by atoms with Crippen LogP contribution in [0.2, 0.25) is 0 Å². The van der Waals surface area contributed by atoms with E-state index in [1.54, 1.807) is 7.11 Å². The first-order chi connectivity index (χ1) is 9.77. The van der Waals surface area contributed by atoms with Crippen molar-refractivity contribution in [3.05, 3.63) is 0 Å². The summed E-state index contributed by atoms with van der Waals surface area (Å²) in [4.78, 5) is 24.8. The number of ether oxygens (including phenoxy) is 3. The Morgan fingerprint density at radius 1 is 1.33 bits per heavy atom. The smallest absolute Gasteiger partial charge is 0.313 e. The molecule has 21 heavy (non-hydrogen) atoms. The number of hydrogen-bond acceptors (Lipinski definition) is 5. The van der Waals surface area contributed by atoms with Crippen LogP contribution in [0.1, 0.15) is 52.9 Å². The lowest BCUT2D eigenvalue weighted by molar-refractivity contribution is -0.192. The highest BCUT2D eigenvalue weighted by Gasteiger charge is 2.53. The number of cyclic esters (lactones) is 1. The molecule has 0 aromatic carbocycles. The van der Waals surface area contributed by atoms with Crippen molar-refractivity contribution in [1.82, 2.24) is 0 Å². The summed E-state index contributed by atoms with van der Waals surface area (Å²) < 4.78 is 16.2. The fourth-order valence-corrected chi connectivity index (χ4v) is 3.37. The summed E-state index contributed by atoms with van der Waals surface area (Å²) in [5.41, 5.74) is -1.02. The van der Waals surface area contributed by atoms with Gasteiger partial charge in [-0.05, 0) is 40.0 Å². The molecule has 0 bridgehead atoms. The van der Waals surface area contributed by atoms with Gasteiger partial charge in [0.25, 0.3) is 0 Å². The maximum atomic E-state index is 12.5. The summed E-state index contributed by atoms with van der Waals surface area (Å²) in [5, 5.41) is 0. The van der Waals surface area contributed by atoms with Crippen LogP contribution in [0, 0.1) is 11.3 Å². The van der Waals surface area contributed by atoms with E-state index in [4.69, 9.17) is 14.2 Å². The molecule has 0 aromatic rings. The molecule has 2 aliphatic rings. The first-order valence-electron chi connectivity index (χ1n) is 7.70. The number of rotatable bonds is 3. The molecule has 0 amide bonds. The molecule has 2 fully saturated rings. The summed E-state index contributed by atoms with van der Waals surface area (Å²) in [7, 11) is 1.54. The first-order valence-corrected chi connectivity index (χ1v) is 7.70. The maximum Gasteiger partial charge on any atom is 0.313 e. The maximum absolute atomic E-state index is 12.5. The molecule has 1 aliphatic carbocycles. The molecule has 1 heterocycles. The molecule has 1 spiro atoms. The summed E-state index contributed by atoms with van der Waals surface area (Å²) in [6.07, 6.45) is 3.64. The molecule has 2 rings (SSSR count). The normalized spacial score (nSPS) is 28.5. The van der Waals surface area contributed by atoms with Gasteiger partial charge in [-0.25, -0.2) is 0 Å². The Balaban J connectivity index is 2.17. The van der Waals surface area contributed by atoms with Crippen molar-refractivity contribution in [2.45, 2.75) is 64.6 Å². The van der Waals surface area contributed by atoms with E-state index in [-0.39, 0.29) is 18.5 Å². The van der Waals surface area contributed by atoms with E-state index in [0.717, 1.165) is 25.7 Å². The van der Waals surface area contributed by atoms with Crippen molar-refractivity contribution in [2.75, 3.05) is 13.7 Å². The quantitative estimate of drug-likeness (QED) is 0.749. The SMILES string of the molecule is COCC1OC(=O)C2(CCCC2)CC1C(=O)OC(C)(C)C. The molecular formula is C16H26O5. The van der Waals surface area contributed by atoms with E-state index in [1.165, 1.54) is 0 Å². The number of carbonyl (C=O) groups is 2. The Morgan fingerprint density at radius 3 is 2.48 bits per heavy atom. The van der Waals surface area contributed by atoms with Crippen molar-refractivity contribution in [1.29, 1.82) is 0 Å². The van der Waals surface area contributed by atoms with Crippen LogP contribution in [-0.4, -0.2) is 37.4 Å². The lowest BCUT2D eigenvalue weighted by Gasteiger charge is -2.40. The zero-order chi connectivity index (χ0) is 15.7. The van der Waals surface area contributed by atoms with E-state index in [0.29, 0.717) is 6.42 Å². The Bertz CT molecular complexity index is 403. The van der Waals surface area contributed by atoms with Gasteiger partial charge in [-0.1, -0.05) is 12.8 Å². The molecule has 2 unspecified atom stereocenters. The van der Waals surface area contributed by atoms with Gasteiger partial charge in [0.1, 0.15) is 11.7 Å². The van der Waals surface area contributed by atoms with Gasteiger partial charge in [-0.15, -0.1) is 0 Å². The molecule has 5 nitrogen and oxygen atoms in total. The fourth-order valence-electron chi connectivity index (χ4n) is 3.37. The van der Waals surface area contributed by atoms with Crippen LogP contribution in [-0.2, 0) is 23.8 Å². The minimum Gasteiger partial charge on any atom is -0.460 e. The standard InChI is InChI=1S/C16H26O5/c1-15(2,3)21-13(17)11-9-16(7-5-6-8-16)14(18)20-12(11)10-19-4/h11-12H,5-10H2,1-4H3. The van der Waals surface area contributed by atoms with E-state index in [2.05, 4.69) is 0 Å². The van der Waals surface area contributed by atoms with Crippen molar-refractivity contribution >= 4 is 11.9 Å². The molecule has 0 N–H and O–H groups in total. The van der Waals surface area contributed by atoms with E-state index < -0.39 is 23.0 Å². The van der Waals surface area contributed by atoms with Gasteiger partial charge < -0.3 is 14.2 Å². The molecule has 2 atom stereocenters. The lowest BCUT2D eigenvalue weighted by Crippen LogP contribution is -2.50. The lowest BCUT2D eigenvalue weighted by atomic mass is 9.74. The molecular weight excluding hydrogens is 272 g/mol. The van der Waals surface area contributed by atoms with Gasteiger partial charge in [0, 0.05) is 7.11 Å². The van der Waals surface area contributed by atoms with Crippen LogP contribution in [0.3, 0.4) is 0 Å². The second-order valence-corrected chi connectivity index (χ2v) is 7.23. The Hall–Kier alpha value is -1.10. The highest BCUT2D eigenvalue weighted by molar-refractivity contribution is 5.82. The Morgan fingerprint density at radius 2 is 1.95 bits per heavy atom. The van der Waals surface area contributed by atoms with Crippen molar-refractivity contribution < 1.29 is 23.8 Å². The minimum atomic E-state index is -0.543. The van der Waals surface area contributed by atoms with Crippen LogP contribution < -0.4 is 0 Å². The van der Waals surface area contributed by atoms with Crippen LogP contribution in [0.5, 0.6) is 0 Å². The number of hydrogen-bond donors (Lipinski definition) is 0. The zero-order valence-electron chi connectivity index (χ0n) is 13.4. The Labute approximate surface area is 126 Å². The number of methoxy groups -OCH3 is 1. The van der Waals surface area contributed by atoms with Gasteiger partial charge in [0.05, 0.1) is 17.9 Å². The van der Waals surface area contributed by atoms with Gasteiger partial charge in [-0.3, -0.25) is 9.59 Å². The Kier molecular flexibility index (Phi) is 4.61. The average molecular weight is 298 g/mol. The molecule has 1 aliphatic heterocycles. The summed E-state index contributed by atoms with van der Waals surface area (Å²) in [5.74, 6) is -0.884. The predicted molar refractivity (Wildman–Crippen MR) is 76.6 cm³/mol. The van der Waals surface area contributed by atoms with Crippen LogP contribution >= 0.6 is 0 Å². The minimum absolute atomic E-state index is 0.165. The van der Waals surface area contributed by atoms with Crippen molar-refractivity contribution in [3.63, 3.8) is 0 Å². The number of carbonyl (C=O) groups excluding carboxylic acids is 2. The third kappa shape index (κ3) is 3.57. The average Bonchev–Trinajstić information content (AvgIpc) is 2.81. The van der Waals surface area contributed by atoms with Crippen molar-refractivity contribution in [3.8, 4) is 0 Å². The fraction of sp³-hybridized carbons (Fsp3) is 0.875. The van der Waals surface area contributed by atoms with Crippen LogP contribution in [0.15, 0.2) is 0 Å². The summed E-state index contributed by atoms with van der Waals surface area (Å²) in [6, 6.07) is 0. The molecule has 1 saturated carbocycles. The van der Waals surface area contributed by atoms with Gasteiger partial charge in [-0.2, -0.15) is 0 Å². The topological polar surface area (TPSA) is 61.8 Å². The third-order valence-corrected chi connectivity index (χ3v) is 4.35. The zero-order valence-corrected chi connectivity index (χ0v) is 13.4. The van der Waals surface area contributed by atoms with Crippen molar-refractivity contribution in [2.24, 2.45) is 11.3 Å². The molecule has 1 saturated heterocycles. The molecule has 120 valence electrons. The highest BCUT2D eigenvalue weighted by Crippen LogP contribution is 2.48. The van der Waals surface area contributed by atoms with Gasteiger partial charge in [0.15, 0.2) is 0 Å². The highest BCUT2D eigenvalue weighted by atomic mass is 16.6. The summed E-state index contributed by atoms with van der Waals surface area (Å²) in [6.45, 7) is 5.76. The van der Waals surface area contributed by atoms with Crippen LogP contribution in [0.4, 0.5) is 0 Å². The third-order valence-electron chi connectivity index (χ3n) is 4.35. The monoisotopic (exact) mass is 298 g/mol. The van der Waals surface area contributed by atoms with E-state index in [9.17, 15) is 9.59 Å². The largest absolute Gasteiger partial charge is 0.460 e. The number of esters is 2. The van der Waals surface area contributed by atoms with Crippen LogP contribution in [0.25, 0.3) is 0 Å². The second-order valence-electron chi connectivity index (χ2n) is 7.23. The van der Waals surface area contributed by atoms with Gasteiger partial charge >= 0.3 is 11.9 Å². The van der Waals surface area contributed by atoms with E-state index >= 15 is 0 Å². The van der Waals surface area contributed by atoms with Gasteiger partial charge in [0.2, 0.25) is 0 Å². The molecule has 0 aromatic heterocycles. The van der Waals surface area contributed by atoms with E-state index in [1.807, 2.05) is 20.8 Å². The predicted octanol–water partition coefficient (Wildman–Crippen LogP) is 2.47. The molecule has 0 radical (unpaired) electrons. The molecule has 5 heteroatoms. The summed E-state index contributed by atoms with van der Waals surface area (Å²) >= 11 is 0. The first kappa shape index (κ1) is 16.3. The second kappa shape index (κ2) is 5.95.